The Bertz CT molecular complexity index is 838. The Morgan fingerprint density at radius 2 is 2.00 bits per heavy atom. The first-order valence-electron chi connectivity index (χ1n) is 7.16. The highest BCUT2D eigenvalue weighted by molar-refractivity contribution is 7.99. The summed E-state index contributed by atoms with van der Waals surface area (Å²) in [6, 6.07) is 15.6. The van der Waals surface area contributed by atoms with E-state index < -0.39 is 11.0 Å². The van der Waals surface area contributed by atoms with Crippen molar-refractivity contribution in [2.45, 2.75) is 11.3 Å². The molecule has 1 heterocycles. The van der Waals surface area contributed by atoms with Gasteiger partial charge in [-0.05, 0) is 17.7 Å². The normalized spacial score (nSPS) is 12.0. The molecule has 3 aromatic rings. The van der Waals surface area contributed by atoms with E-state index >= 15 is 0 Å². The molecule has 0 fully saturated rings. The monoisotopic (exact) mass is 342 g/mol. The second kappa shape index (κ2) is 7.24. The first-order chi connectivity index (χ1) is 11.6. The number of aliphatic hydroxyl groups excluding tert-OH is 1. The molecule has 0 aliphatic carbocycles. The van der Waals surface area contributed by atoms with Gasteiger partial charge in [-0.2, -0.15) is 0 Å². The van der Waals surface area contributed by atoms with Crippen molar-refractivity contribution in [2.24, 2.45) is 0 Å². The van der Waals surface area contributed by atoms with Gasteiger partial charge in [-0.15, -0.1) is 5.10 Å². The molecular formula is C16H14N4O3S. The molecule has 0 aliphatic heterocycles. The molecule has 1 atom stereocenters. The third-order valence-electron chi connectivity index (χ3n) is 3.33. The number of non-ortho nitro benzene ring substituents is 1. The molecule has 0 bridgehead atoms. The van der Waals surface area contributed by atoms with E-state index in [2.05, 4.69) is 10.1 Å². The Balaban J connectivity index is 1.65. The lowest BCUT2D eigenvalue weighted by molar-refractivity contribution is -0.385. The Labute approximate surface area is 142 Å². The highest BCUT2D eigenvalue weighted by Gasteiger charge is 2.14. The maximum Gasteiger partial charge on any atom is 0.269 e. The number of nitrogens with zero attached hydrogens (tertiary/aromatic N) is 4. The van der Waals surface area contributed by atoms with E-state index in [4.69, 9.17) is 0 Å². The molecule has 0 amide bonds. The largest absolute Gasteiger partial charge is 0.388 e. The molecule has 122 valence electrons. The summed E-state index contributed by atoms with van der Waals surface area (Å²) in [4.78, 5) is 14.5. The number of rotatable bonds is 6. The second-order valence-electron chi connectivity index (χ2n) is 4.99. The minimum absolute atomic E-state index is 0.0389. The Kier molecular flexibility index (Phi) is 4.88. The summed E-state index contributed by atoms with van der Waals surface area (Å²) in [5.74, 6) is 0.306. The van der Waals surface area contributed by atoms with Crippen LogP contribution in [0.1, 0.15) is 11.7 Å². The minimum atomic E-state index is -0.835. The summed E-state index contributed by atoms with van der Waals surface area (Å²) < 4.78 is 1.65. The zero-order chi connectivity index (χ0) is 16.9. The molecule has 0 saturated carbocycles. The molecular weight excluding hydrogens is 328 g/mol. The molecule has 1 N–H and O–H groups in total. The maximum atomic E-state index is 10.8. The van der Waals surface area contributed by atoms with Crippen LogP contribution in [0.25, 0.3) is 5.69 Å². The molecule has 24 heavy (non-hydrogen) atoms. The van der Waals surface area contributed by atoms with Gasteiger partial charge < -0.3 is 5.11 Å². The number of aliphatic hydroxyl groups is 1. The van der Waals surface area contributed by atoms with Gasteiger partial charge in [-0.3, -0.25) is 10.1 Å². The van der Waals surface area contributed by atoms with Gasteiger partial charge in [0.25, 0.3) is 5.69 Å². The molecule has 1 unspecified atom stereocenters. The molecule has 7 nitrogen and oxygen atoms in total. The fourth-order valence-electron chi connectivity index (χ4n) is 2.11. The van der Waals surface area contributed by atoms with E-state index in [1.165, 1.54) is 23.9 Å². The number of aromatic nitrogens is 3. The van der Waals surface area contributed by atoms with Crippen LogP contribution in [-0.4, -0.2) is 30.5 Å². The summed E-state index contributed by atoms with van der Waals surface area (Å²) in [5.41, 5.74) is 1.36. The van der Waals surface area contributed by atoms with Crippen LogP contribution in [0.4, 0.5) is 5.69 Å². The number of para-hydroxylation sites is 1. The van der Waals surface area contributed by atoms with E-state index in [0.29, 0.717) is 16.5 Å². The van der Waals surface area contributed by atoms with Crippen molar-refractivity contribution in [3.05, 3.63) is 76.6 Å². The van der Waals surface area contributed by atoms with E-state index in [9.17, 15) is 15.2 Å². The van der Waals surface area contributed by atoms with Crippen LogP contribution in [0.5, 0.6) is 0 Å². The van der Waals surface area contributed by atoms with Crippen molar-refractivity contribution in [3.8, 4) is 5.69 Å². The summed E-state index contributed by atoms with van der Waals surface area (Å²) in [6.45, 7) is 0. The van der Waals surface area contributed by atoms with E-state index in [0.717, 1.165) is 5.69 Å². The first-order valence-corrected chi connectivity index (χ1v) is 8.14. The molecule has 1 aromatic heterocycles. The smallest absolute Gasteiger partial charge is 0.269 e. The van der Waals surface area contributed by atoms with Crippen molar-refractivity contribution in [1.82, 2.24) is 14.8 Å². The fraction of sp³-hybridized carbons (Fsp3) is 0.125. The van der Waals surface area contributed by atoms with Crippen LogP contribution in [-0.2, 0) is 0 Å². The van der Waals surface area contributed by atoms with Crippen LogP contribution in [0.3, 0.4) is 0 Å². The van der Waals surface area contributed by atoms with Gasteiger partial charge in [0, 0.05) is 17.9 Å². The minimum Gasteiger partial charge on any atom is -0.388 e. The molecule has 0 spiro atoms. The zero-order valence-corrected chi connectivity index (χ0v) is 13.3. The highest BCUT2D eigenvalue weighted by atomic mass is 32.2. The standard InChI is InChI=1S/C16H14N4O3S/c21-15(12-5-4-8-14(9-12)20(22)23)10-24-16-17-11-19(18-16)13-6-2-1-3-7-13/h1-9,11,15,21H,10H2. The van der Waals surface area contributed by atoms with Crippen molar-refractivity contribution in [2.75, 3.05) is 5.75 Å². The number of hydrogen-bond donors (Lipinski definition) is 1. The molecule has 0 aliphatic rings. The Hall–Kier alpha value is -2.71. The van der Waals surface area contributed by atoms with E-state index in [1.807, 2.05) is 30.3 Å². The molecule has 2 aromatic carbocycles. The summed E-state index contributed by atoms with van der Waals surface area (Å²) in [7, 11) is 0. The summed E-state index contributed by atoms with van der Waals surface area (Å²) in [5, 5.41) is 25.9. The molecule has 0 saturated heterocycles. The predicted molar refractivity (Wildman–Crippen MR) is 90.1 cm³/mol. The first kappa shape index (κ1) is 16.2. The van der Waals surface area contributed by atoms with Crippen molar-refractivity contribution in [3.63, 3.8) is 0 Å². The number of nitro benzene ring substituents is 1. The lowest BCUT2D eigenvalue weighted by Gasteiger charge is -2.08. The lowest BCUT2D eigenvalue weighted by atomic mass is 10.1. The van der Waals surface area contributed by atoms with Crippen LogP contribution in [0.15, 0.2) is 66.1 Å². The number of benzene rings is 2. The van der Waals surface area contributed by atoms with Gasteiger partial charge in [0.1, 0.15) is 6.33 Å². The maximum absolute atomic E-state index is 10.8. The van der Waals surface area contributed by atoms with Gasteiger partial charge in [-0.25, -0.2) is 9.67 Å². The lowest BCUT2D eigenvalue weighted by Crippen LogP contribution is -2.02. The summed E-state index contributed by atoms with van der Waals surface area (Å²) >= 11 is 1.29. The SMILES string of the molecule is O=[N+]([O-])c1cccc(C(O)CSc2ncn(-c3ccccc3)n2)c1. The topological polar surface area (TPSA) is 94.1 Å². The van der Waals surface area contributed by atoms with Crippen molar-refractivity contribution < 1.29 is 10.0 Å². The van der Waals surface area contributed by atoms with Crippen LogP contribution < -0.4 is 0 Å². The van der Waals surface area contributed by atoms with Gasteiger partial charge in [0.2, 0.25) is 5.16 Å². The predicted octanol–water partition coefficient (Wildman–Crippen LogP) is 3.00. The zero-order valence-electron chi connectivity index (χ0n) is 12.5. The Morgan fingerprint density at radius 3 is 2.75 bits per heavy atom. The van der Waals surface area contributed by atoms with Gasteiger partial charge in [-0.1, -0.05) is 42.1 Å². The average Bonchev–Trinajstić information content (AvgIpc) is 3.09. The molecule has 3 rings (SSSR count). The van der Waals surface area contributed by atoms with Gasteiger partial charge >= 0.3 is 0 Å². The van der Waals surface area contributed by atoms with Crippen LogP contribution in [0.2, 0.25) is 0 Å². The van der Waals surface area contributed by atoms with Crippen molar-refractivity contribution >= 4 is 17.4 Å². The molecule has 0 radical (unpaired) electrons. The summed E-state index contributed by atoms with van der Waals surface area (Å²) in [6.07, 6.45) is 0.774. The number of hydrogen-bond acceptors (Lipinski definition) is 6. The average molecular weight is 342 g/mol. The van der Waals surface area contributed by atoms with Crippen molar-refractivity contribution in [1.29, 1.82) is 0 Å². The second-order valence-corrected chi connectivity index (χ2v) is 5.97. The third-order valence-corrected chi connectivity index (χ3v) is 4.26. The fourth-order valence-corrected chi connectivity index (χ4v) is 2.88. The highest BCUT2D eigenvalue weighted by Crippen LogP contribution is 2.25. The van der Waals surface area contributed by atoms with Gasteiger partial charge in [0.15, 0.2) is 0 Å². The van der Waals surface area contributed by atoms with E-state index in [-0.39, 0.29) is 5.69 Å². The third kappa shape index (κ3) is 3.79. The Morgan fingerprint density at radius 1 is 1.21 bits per heavy atom. The van der Waals surface area contributed by atoms with Crippen LogP contribution >= 0.6 is 11.8 Å². The van der Waals surface area contributed by atoms with Gasteiger partial charge in [0.05, 0.1) is 16.7 Å². The molecule has 8 heteroatoms. The van der Waals surface area contributed by atoms with E-state index in [1.54, 1.807) is 23.1 Å². The quantitative estimate of drug-likeness (QED) is 0.420. The van der Waals surface area contributed by atoms with Crippen LogP contribution in [0, 0.1) is 10.1 Å². The number of thioether (sulfide) groups is 1. The number of nitro groups is 1.